The third-order valence-electron chi connectivity index (χ3n) is 5.22. The first-order valence-electron chi connectivity index (χ1n) is 9.83. The smallest absolute Gasteiger partial charge is 0.259 e. The van der Waals surface area contributed by atoms with Gasteiger partial charge >= 0.3 is 0 Å². The lowest BCUT2D eigenvalue weighted by molar-refractivity contribution is -0.109. The zero-order valence-corrected chi connectivity index (χ0v) is 17.4. The predicted molar refractivity (Wildman–Crippen MR) is 117 cm³/mol. The number of anilines is 1. The Hall–Kier alpha value is -3.09. The maximum absolute atomic E-state index is 13.2. The molecule has 0 fully saturated rings. The Morgan fingerprint density at radius 2 is 1.73 bits per heavy atom. The van der Waals surface area contributed by atoms with Crippen molar-refractivity contribution >= 4 is 28.7 Å². The number of benzene rings is 3. The summed E-state index contributed by atoms with van der Waals surface area (Å²) in [4.78, 5) is 27.7. The van der Waals surface area contributed by atoms with E-state index in [1.165, 1.54) is 0 Å². The molecule has 5 nitrogen and oxygen atoms in total. The van der Waals surface area contributed by atoms with E-state index < -0.39 is 16.8 Å². The summed E-state index contributed by atoms with van der Waals surface area (Å²) >= 11 is 0. The van der Waals surface area contributed by atoms with E-state index >= 15 is 0 Å². The van der Waals surface area contributed by atoms with Crippen LogP contribution in [0.5, 0.6) is 0 Å². The monoisotopic (exact) mass is 418 g/mol. The van der Waals surface area contributed by atoms with E-state index in [-0.39, 0.29) is 5.91 Å². The van der Waals surface area contributed by atoms with Crippen molar-refractivity contribution in [2.24, 2.45) is 0 Å². The van der Waals surface area contributed by atoms with Gasteiger partial charge in [-0.15, -0.1) is 0 Å². The summed E-state index contributed by atoms with van der Waals surface area (Å²) in [6.07, 6.45) is 0.852. The van der Waals surface area contributed by atoms with E-state index in [0.717, 1.165) is 17.4 Å². The van der Waals surface area contributed by atoms with Gasteiger partial charge in [0.05, 0.1) is 37.9 Å². The number of fused-ring (bicyclic) bond motifs is 2. The Morgan fingerprint density at radius 3 is 2.47 bits per heavy atom. The van der Waals surface area contributed by atoms with Crippen LogP contribution in [0.25, 0.3) is 0 Å². The first-order valence-corrected chi connectivity index (χ1v) is 11.0. The van der Waals surface area contributed by atoms with Crippen molar-refractivity contribution in [3.05, 3.63) is 89.5 Å². The molecular weight excluding hydrogens is 396 g/mol. The second kappa shape index (κ2) is 8.73. The highest BCUT2D eigenvalue weighted by atomic mass is 32.2. The molecule has 0 aromatic heterocycles. The van der Waals surface area contributed by atoms with E-state index in [0.29, 0.717) is 34.1 Å². The number of amides is 1. The van der Waals surface area contributed by atoms with E-state index in [1.54, 1.807) is 47.4 Å². The van der Waals surface area contributed by atoms with E-state index in [1.807, 2.05) is 37.3 Å². The van der Waals surface area contributed by atoms with Gasteiger partial charge < -0.3 is 9.69 Å². The van der Waals surface area contributed by atoms with Crippen molar-refractivity contribution in [1.29, 1.82) is 0 Å². The molecule has 0 bridgehead atoms. The first-order chi connectivity index (χ1) is 14.6. The number of hydrogen-bond donors (Lipinski definition) is 1. The van der Waals surface area contributed by atoms with Crippen LogP contribution >= 0.6 is 0 Å². The Morgan fingerprint density at radius 1 is 1.00 bits per heavy atom. The van der Waals surface area contributed by atoms with E-state index in [2.05, 4.69) is 5.32 Å². The average Bonchev–Trinajstić information content (AvgIpc) is 2.88. The quantitative estimate of drug-likeness (QED) is 0.618. The normalized spacial score (nSPS) is 16.4. The molecule has 0 saturated carbocycles. The van der Waals surface area contributed by atoms with Crippen molar-refractivity contribution in [2.75, 3.05) is 11.4 Å². The number of carbonyl (C=O) groups excluding carboxylic acids is 2. The van der Waals surface area contributed by atoms with Crippen LogP contribution in [-0.2, 0) is 22.1 Å². The number of hydrogen-bond acceptors (Lipinski definition) is 4. The fraction of sp³-hybridized carbons (Fsp3) is 0.167. The molecule has 1 heterocycles. The maximum atomic E-state index is 13.2. The van der Waals surface area contributed by atoms with Crippen LogP contribution in [0.1, 0.15) is 34.5 Å². The van der Waals surface area contributed by atoms with Gasteiger partial charge in [0.25, 0.3) is 5.91 Å². The molecule has 30 heavy (non-hydrogen) atoms. The molecule has 152 valence electrons. The molecule has 1 aliphatic heterocycles. The van der Waals surface area contributed by atoms with Gasteiger partial charge in [0.2, 0.25) is 0 Å². The fourth-order valence-corrected chi connectivity index (χ4v) is 5.00. The van der Waals surface area contributed by atoms with Crippen LogP contribution in [0.3, 0.4) is 0 Å². The van der Waals surface area contributed by atoms with Gasteiger partial charge in [-0.25, -0.2) is 4.21 Å². The Balaban J connectivity index is 1.71. The van der Waals surface area contributed by atoms with Crippen LogP contribution in [0.15, 0.2) is 82.6 Å². The zero-order chi connectivity index (χ0) is 21.1. The van der Waals surface area contributed by atoms with Crippen molar-refractivity contribution in [3.63, 3.8) is 0 Å². The molecule has 0 saturated heterocycles. The molecule has 3 aromatic rings. The second-order valence-corrected chi connectivity index (χ2v) is 8.44. The molecule has 0 aliphatic carbocycles. The molecular formula is C24H22N2O3S. The minimum Gasteiger partial charge on any atom is -0.307 e. The van der Waals surface area contributed by atoms with Crippen LogP contribution in [0.4, 0.5) is 5.69 Å². The highest BCUT2D eigenvalue weighted by Crippen LogP contribution is 2.35. The Bertz CT molecular complexity index is 1110. The van der Waals surface area contributed by atoms with Crippen LogP contribution < -0.4 is 10.2 Å². The van der Waals surface area contributed by atoms with Gasteiger partial charge in [-0.1, -0.05) is 48.5 Å². The Labute approximate surface area is 178 Å². The lowest BCUT2D eigenvalue weighted by atomic mass is 10.1. The molecule has 0 spiro atoms. The third kappa shape index (κ3) is 3.72. The number of rotatable bonds is 6. The zero-order valence-electron chi connectivity index (χ0n) is 16.6. The molecule has 1 amide bonds. The van der Waals surface area contributed by atoms with Gasteiger partial charge in [0, 0.05) is 13.1 Å². The molecule has 4 rings (SSSR count). The van der Waals surface area contributed by atoms with Crippen LogP contribution in [0.2, 0.25) is 0 Å². The number of nitrogens with zero attached hydrogens (tertiary/aromatic N) is 1. The van der Waals surface area contributed by atoms with E-state index in [4.69, 9.17) is 0 Å². The summed E-state index contributed by atoms with van der Waals surface area (Å²) in [5.41, 5.74) is 2.84. The van der Waals surface area contributed by atoms with Crippen LogP contribution in [0, 0.1) is 0 Å². The molecule has 0 radical (unpaired) electrons. The maximum Gasteiger partial charge on any atom is 0.259 e. The summed E-state index contributed by atoms with van der Waals surface area (Å²) in [5.74, 6) is -0.183. The molecule has 1 N–H and O–H groups in total. The summed E-state index contributed by atoms with van der Waals surface area (Å²) in [5, 5.41) is 3.25. The minimum absolute atomic E-state index is 0.183. The number of nitrogens with one attached hydrogen (secondary N) is 1. The average molecular weight is 419 g/mol. The summed E-state index contributed by atoms with van der Waals surface area (Å²) in [6.45, 7) is 2.86. The van der Waals surface area contributed by atoms with Crippen molar-refractivity contribution in [1.82, 2.24) is 5.32 Å². The highest BCUT2D eigenvalue weighted by molar-refractivity contribution is 7.85. The molecule has 2 atom stereocenters. The fourth-order valence-electron chi connectivity index (χ4n) is 3.66. The van der Waals surface area contributed by atoms with Gasteiger partial charge in [-0.2, -0.15) is 0 Å². The topological polar surface area (TPSA) is 66.5 Å². The summed E-state index contributed by atoms with van der Waals surface area (Å²) in [6, 6.07) is 21.7. The third-order valence-corrected chi connectivity index (χ3v) is 6.72. The summed E-state index contributed by atoms with van der Waals surface area (Å²) in [7, 11) is -1.48. The van der Waals surface area contributed by atoms with Crippen molar-refractivity contribution in [3.8, 4) is 0 Å². The van der Waals surface area contributed by atoms with Gasteiger partial charge in [-0.3, -0.25) is 10.1 Å². The first kappa shape index (κ1) is 20.2. The number of carbonyl (C=O) groups is 2. The summed E-state index contributed by atoms with van der Waals surface area (Å²) < 4.78 is 13.2. The van der Waals surface area contributed by atoms with E-state index in [9.17, 15) is 13.8 Å². The predicted octanol–water partition coefficient (Wildman–Crippen LogP) is 3.86. The van der Waals surface area contributed by atoms with Gasteiger partial charge in [0.1, 0.15) is 6.29 Å². The van der Waals surface area contributed by atoms with Crippen LogP contribution in [-0.4, -0.2) is 22.9 Å². The second-order valence-electron chi connectivity index (χ2n) is 7.02. The molecule has 6 heteroatoms. The van der Waals surface area contributed by atoms with Gasteiger partial charge in [-0.05, 0) is 42.3 Å². The molecule has 2 unspecified atom stereocenters. The number of aldehydes is 1. The highest BCUT2D eigenvalue weighted by Gasteiger charge is 2.30. The lowest BCUT2D eigenvalue weighted by Gasteiger charge is -2.23. The van der Waals surface area contributed by atoms with Gasteiger partial charge in [0.15, 0.2) is 0 Å². The van der Waals surface area contributed by atoms with Crippen molar-refractivity contribution < 1.29 is 13.8 Å². The van der Waals surface area contributed by atoms with Crippen molar-refractivity contribution in [2.45, 2.75) is 29.3 Å². The largest absolute Gasteiger partial charge is 0.307 e. The lowest BCUT2D eigenvalue weighted by Crippen LogP contribution is -2.31. The molecule has 1 aliphatic rings. The minimum atomic E-state index is -1.48. The standard InChI is InChI=1S/C24H22N2O3S/c1-2-26-21-14-18(20(16-27)25-15-17-8-4-3-5-9-17)12-13-23(21)30(29)22-11-7-6-10-19(22)24(26)28/h3-14,16,20,25H,2,15H2,1H3. The Kier molecular flexibility index (Phi) is 5.88. The SMILES string of the molecule is CCN1C(=O)c2ccccc2S(=O)c2ccc(C(C=O)NCc3ccccc3)cc21. The molecule has 3 aromatic carbocycles.